The van der Waals surface area contributed by atoms with Crippen LogP contribution in [0.3, 0.4) is 0 Å². The smallest absolute Gasteiger partial charge is 0.0682 e. The quantitative estimate of drug-likeness (QED) is 0.550. The lowest BCUT2D eigenvalue weighted by Gasteiger charge is -1.91. The van der Waals surface area contributed by atoms with Crippen molar-refractivity contribution in [1.29, 1.82) is 0 Å². The van der Waals surface area contributed by atoms with Gasteiger partial charge in [0.2, 0.25) is 0 Å². The van der Waals surface area contributed by atoms with Crippen LogP contribution in [0.15, 0.2) is 19.3 Å². The summed E-state index contributed by atoms with van der Waals surface area (Å²) in [5.74, 6) is 0. The highest BCUT2D eigenvalue weighted by molar-refractivity contribution is 8.28. The van der Waals surface area contributed by atoms with Gasteiger partial charge in [0.25, 0.3) is 0 Å². The third kappa shape index (κ3) is 1.69. The number of hydrogen-bond donors (Lipinski definition) is 2. The molecule has 4 heteroatoms. The fourth-order valence-electron chi connectivity index (χ4n) is 0.312. The lowest BCUT2D eigenvalue weighted by Crippen LogP contribution is -1.56. The zero-order chi connectivity index (χ0) is 5.98. The fourth-order valence-corrected chi connectivity index (χ4v) is 2.40. The average molecular weight is 180 g/mol. The van der Waals surface area contributed by atoms with Gasteiger partial charge in [-0.3, -0.25) is 0 Å². The molecule has 44 valence electrons. The molecule has 0 saturated heterocycles. The van der Waals surface area contributed by atoms with Crippen molar-refractivity contribution in [2.75, 3.05) is 0 Å². The molecule has 0 spiro atoms. The van der Waals surface area contributed by atoms with Gasteiger partial charge in [-0.15, -0.1) is 25.3 Å². The molecule has 0 saturated carbocycles. The van der Waals surface area contributed by atoms with E-state index < -0.39 is 0 Å². The third-order valence-corrected chi connectivity index (χ3v) is 3.77. The Morgan fingerprint density at radius 2 is 1.75 bits per heavy atom. The van der Waals surface area contributed by atoms with Crippen molar-refractivity contribution in [3.8, 4) is 0 Å². The van der Waals surface area contributed by atoms with Crippen LogP contribution in [0.1, 0.15) is 0 Å². The molecule has 0 fully saturated rings. The Balaban J connectivity index is 2.64. The Morgan fingerprint density at radius 3 is 2.00 bits per heavy atom. The summed E-state index contributed by atoms with van der Waals surface area (Å²) in [4.78, 5) is 0. The molecule has 0 aromatic rings. The first-order valence-corrected chi connectivity index (χ1v) is 4.56. The van der Waals surface area contributed by atoms with E-state index in [1.807, 2.05) is 10.8 Å². The molecule has 0 radical (unpaired) electrons. The molecule has 8 heavy (non-hydrogen) atoms. The Kier molecular flexibility index (Phi) is 2.75. The summed E-state index contributed by atoms with van der Waals surface area (Å²) in [7, 11) is 0. The van der Waals surface area contributed by atoms with Crippen LogP contribution in [-0.2, 0) is 0 Å². The van der Waals surface area contributed by atoms with E-state index in [-0.39, 0.29) is 0 Å². The maximum atomic E-state index is 4.06. The minimum absolute atomic E-state index is 0.810. The molecular formula is C4H4S4. The van der Waals surface area contributed by atoms with E-state index in [9.17, 15) is 0 Å². The molecule has 0 bridgehead atoms. The van der Waals surface area contributed by atoms with Gasteiger partial charge >= 0.3 is 0 Å². The summed E-state index contributed by atoms with van der Waals surface area (Å²) in [6.07, 6.45) is 0. The van der Waals surface area contributed by atoms with E-state index in [1.54, 1.807) is 23.5 Å². The van der Waals surface area contributed by atoms with Gasteiger partial charge in [0.15, 0.2) is 0 Å². The van der Waals surface area contributed by atoms with E-state index in [1.165, 1.54) is 0 Å². The standard InChI is InChI=1S/C4H4S4/c5-3(6)4-7-1-2-8-4/h1-2,5-6H. The molecule has 1 heterocycles. The minimum atomic E-state index is 0.810. The first-order chi connectivity index (χ1) is 3.80. The van der Waals surface area contributed by atoms with Crippen LogP contribution in [0, 0.1) is 0 Å². The Morgan fingerprint density at radius 1 is 1.25 bits per heavy atom. The van der Waals surface area contributed by atoms with Crippen molar-refractivity contribution in [3.05, 3.63) is 19.3 Å². The molecule has 0 aliphatic carbocycles. The van der Waals surface area contributed by atoms with E-state index >= 15 is 0 Å². The van der Waals surface area contributed by atoms with Gasteiger partial charge in [-0.1, -0.05) is 23.5 Å². The van der Waals surface area contributed by atoms with Crippen LogP contribution in [0.25, 0.3) is 0 Å². The molecule has 0 N–H and O–H groups in total. The molecule has 0 aromatic carbocycles. The summed E-state index contributed by atoms with van der Waals surface area (Å²) < 4.78 is 1.97. The zero-order valence-electron chi connectivity index (χ0n) is 3.87. The molecule has 1 aliphatic rings. The summed E-state index contributed by atoms with van der Waals surface area (Å²) >= 11 is 11.4. The van der Waals surface area contributed by atoms with Crippen molar-refractivity contribution in [1.82, 2.24) is 0 Å². The third-order valence-electron chi connectivity index (χ3n) is 0.588. The molecule has 0 aromatic heterocycles. The largest absolute Gasteiger partial charge is 0.135 e. The number of hydrogen-bond acceptors (Lipinski definition) is 4. The predicted molar refractivity (Wildman–Crippen MR) is 49.3 cm³/mol. The van der Waals surface area contributed by atoms with Crippen molar-refractivity contribution < 1.29 is 0 Å². The van der Waals surface area contributed by atoms with Gasteiger partial charge < -0.3 is 0 Å². The summed E-state index contributed by atoms with van der Waals surface area (Å²) in [5, 5.41) is 4.04. The van der Waals surface area contributed by atoms with Crippen molar-refractivity contribution in [3.63, 3.8) is 0 Å². The molecule has 1 aliphatic heterocycles. The van der Waals surface area contributed by atoms with Crippen LogP contribution in [0.2, 0.25) is 0 Å². The normalized spacial score (nSPS) is 17.5. The van der Waals surface area contributed by atoms with Crippen molar-refractivity contribution in [2.45, 2.75) is 0 Å². The Hall–Kier alpha value is 0.880. The zero-order valence-corrected chi connectivity index (χ0v) is 7.29. The number of thiol groups is 2. The SMILES string of the molecule is SC(S)=C1SC=CS1. The molecular weight excluding hydrogens is 176 g/mol. The van der Waals surface area contributed by atoms with Gasteiger partial charge in [-0.2, -0.15) is 0 Å². The highest BCUT2D eigenvalue weighted by Gasteiger charge is 2.03. The van der Waals surface area contributed by atoms with Gasteiger partial charge in [0.1, 0.15) is 0 Å². The fraction of sp³-hybridized carbons (Fsp3) is 0. The van der Waals surface area contributed by atoms with Crippen LogP contribution in [0.5, 0.6) is 0 Å². The number of thioether (sulfide) groups is 2. The maximum Gasteiger partial charge on any atom is 0.0682 e. The van der Waals surface area contributed by atoms with Crippen molar-refractivity contribution in [2.24, 2.45) is 0 Å². The summed E-state index contributed by atoms with van der Waals surface area (Å²) in [6, 6.07) is 0. The average Bonchev–Trinajstić information content (AvgIpc) is 2.12. The lowest BCUT2D eigenvalue weighted by atomic mass is 11.2. The van der Waals surface area contributed by atoms with Crippen LogP contribution in [-0.4, -0.2) is 0 Å². The molecule has 0 unspecified atom stereocenters. The van der Waals surface area contributed by atoms with E-state index in [4.69, 9.17) is 0 Å². The monoisotopic (exact) mass is 180 g/mol. The maximum absolute atomic E-state index is 4.06. The Bertz CT molecular complexity index is 132. The molecule has 0 atom stereocenters. The van der Waals surface area contributed by atoms with E-state index in [0.29, 0.717) is 0 Å². The predicted octanol–water partition coefficient (Wildman–Crippen LogP) is 2.92. The highest BCUT2D eigenvalue weighted by Crippen LogP contribution is 2.41. The topological polar surface area (TPSA) is 0 Å². The first-order valence-electron chi connectivity index (χ1n) is 1.91. The Labute approximate surface area is 68.0 Å². The first kappa shape index (κ1) is 6.99. The summed E-state index contributed by atoms with van der Waals surface area (Å²) in [6.45, 7) is 0. The second-order valence-electron chi connectivity index (χ2n) is 1.12. The number of rotatable bonds is 0. The van der Waals surface area contributed by atoms with Crippen LogP contribution >= 0.6 is 48.8 Å². The second-order valence-corrected chi connectivity index (χ2v) is 4.46. The van der Waals surface area contributed by atoms with Crippen molar-refractivity contribution >= 4 is 48.8 Å². The molecule has 1 rings (SSSR count). The summed E-state index contributed by atoms with van der Waals surface area (Å²) in [5.41, 5.74) is 0. The van der Waals surface area contributed by atoms with Gasteiger partial charge in [0.05, 0.1) is 8.47 Å². The van der Waals surface area contributed by atoms with Gasteiger partial charge in [-0.25, -0.2) is 0 Å². The molecule has 0 nitrogen and oxygen atoms in total. The minimum Gasteiger partial charge on any atom is -0.135 e. The highest BCUT2D eigenvalue weighted by atomic mass is 32.2. The van der Waals surface area contributed by atoms with E-state index in [2.05, 4.69) is 25.3 Å². The lowest BCUT2D eigenvalue weighted by molar-refractivity contribution is 2.40. The van der Waals surface area contributed by atoms with E-state index in [0.717, 1.165) is 8.47 Å². The molecule has 0 amide bonds. The van der Waals surface area contributed by atoms with Gasteiger partial charge in [-0.05, 0) is 10.8 Å². The van der Waals surface area contributed by atoms with Crippen LogP contribution < -0.4 is 0 Å². The van der Waals surface area contributed by atoms with Crippen LogP contribution in [0.4, 0.5) is 0 Å². The van der Waals surface area contributed by atoms with Gasteiger partial charge in [0, 0.05) is 0 Å². The second kappa shape index (κ2) is 3.15.